The fourth-order valence-electron chi connectivity index (χ4n) is 2.71. The zero-order chi connectivity index (χ0) is 13.1. The molecule has 1 saturated carbocycles. The van der Waals surface area contributed by atoms with Crippen molar-refractivity contribution in [3.63, 3.8) is 0 Å². The third-order valence-corrected chi connectivity index (χ3v) is 3.89. The number of aromatic nitrogens is 1. The first-order valence-corrected chi connectivity index (χ1v) is 6.70. The Labute approximate surface area is 112 Å². The van der Waals surface area contributed by atoms with E-state index in [-0.39, 0.29) is 5.41 Å². The lowest BCUT2D eigenvalue weighted by atomic mass is 9.89. The molecule has 0 amide bonds. The van der Waals surface area contributed by atoms with E-state index >= 15 is 0 Å². The Kier molecular flexibility index (Phi) is 3.08. The van der Waals surface area contributed by atoms with Crippen LogP contribution in [-0.4, -0.2) is 11.6 Å². The van der Waals surface area contributed by atoms with Crippen LogP contribution in [0.25, 0.3) is 10.9 Å². The Hall–Kier alpha value is -2.08. The molecule has 0 unspecified atom stereocenters. The van der Waals surface area contributed by atoms with Crippen molar-refractivity contribution in [2.24, 2.45) is 5.41 Å². The van der Waals surface area contributed by atoms with E-state index in [1.165, 1.54) is 0 Å². The van der Waals surface area contributed by atoms with Gasteiger partial charge in [0.15, 0.2) is 0 Å². The first-order valence-electron chi connectivity index (χ1n) is 6.70. The van der Waals surface area contributed by atoms with E-state index in [9.17, 15) is 5.26 Å². The van der Waals surface area contributed by atoms with Gasteiger partial charge in [0.05, 0.1) is 17.0 Å². The van der Waals surface area contributed by atoms with Crippen LogP contribution >= 0.6 is 0 Å². The molecule has 3 heteroatoms. The highest BCUT2D eigenvalue weighted by atomic mass is 16.5. The molecular formula is C16H16N2O. The summed E-state index contributed by atoms with van der Waals surface area (Å²) in [5, 5.41) is 10.4. The summed E-state index contributed by atoms with van der Waals surface area (Å²) in [4.78, 5) is 4.28. The number of hydrogen-bond donors (Lipinski definition) is 0. The first-order chi connectivity index (χ1) is 9.31. The molecule has 3 rings (SSSR count). The normalized spacial score (nSPS) is 17.2. The molecule has 0 N–H and O–H groups in total. The van der Waals surface area contributed by atoms with Crippen molar-refractivity contribution in [1.82, 2.24) is 4.98 Å². The second-order valence-corrected chi connectivity index (χ2v) is 5.25. The van der Waals surface area contributed by atoms with Crippen LogP contribution in [0, 0.1) is 16.7 Å². The van der Waals surface area contributed by atoms with Gasteiger partial charge >= 0.3 is 0 Å². The van der Waals surface area contributed by atoms with Gasteiger partial charge in [-0.3, -0.25) is 4.98 Å². The predicted octanol–water partition coefficient (Wildman–Crippen LogP) is 3.70. The Morgan fingerprint density at radius 3 is 2.89 bits per heavy atom. The molecule has 19 heavy (non-hydrogen) atoms. The van der Waals surface area contributed by atoms with Crippen LogP contribution in [0.3, 0.4) is 0 Å². The van der Waals surface area contributed by atoms with E-state index in [1.807, 2.05) is 30.3 Å². The van der Waals surface area contributed by atoms with Crippen LogP contribution in [0.5, 0.6) is 5.75 Å². The SMILES string of the molecule is N#CC1(COc2ccc3ncccc3c2)CCCC1. The second kappa shape index (κ2) is 4.89. The third-order valence-electron chi connectivity index (χ3n) is 3.89. The lowest BCUT2D eigenvalue weighted by Crippen LogP contribution is -2.23. The number of fused-ring (bicyclic) bond motifs is 1. The van der Waals surface area contributed by atoms with Crippen molar-refractivity contribution in [3.05, 3.63) is 36.5 Å². The number of rotatable bonds is 3. The highest BCUT2D eigenvalue weighted by Crippen LogP contribution is 2.38. The highest BCUT2D eigenvalue weighted by Gasteiger charge is 2.34. The highest BCUT2D eigenvalue weighted by molar-refractivity contribution is 5.79. The molecule has 1 aromatic carbocycles. The molecule has 3 nitrogen and oxygen atoms in total. The van der Waals surface area contributed by atoms with Gasteiger partial charge < -0.3 is 4.74 Å². The molecule has 1 heterocycles. The summed E-state index contributed by atoms with van der Waals surface area (Å²) in [5.74, 6) is 0.821. The van der Waals surface area contributed by atoms with Gasteiger partial charge in [0.2, 0.25) is 0 Å². The number of benzene rings is 1. The number of ether oxygens (including phenoxy) is 1. The van der Waals surface area contributed by atoms with Gasteiger partial charge in [-0.2, -0.15) is 5.26 Å². The zero-order valence-corrected chi connectivity index (χ0v) is 10.8. The summed E-state index contributed by atoms with van der Waals surface area (Å²) >= 11 is 0. The zero-order valence-electron chi connectivity index (χ0n) is 10.8. The lowest BCUT2D eigenvalue weighted by molar-refractivity contribution is 0.201. The van der Waals surface area contributed by atoms with Crippen LogP contribution in [0.1, 0.15) is 25.7 Å². The van der Waals surface area contributed by atoms with E-state index in [4.69, 9.17) is 4.74 Å². The molecule has 2 aromatic rings. The maximum absolute atomic E-state index is 9.33. The molecule has 1 aromatic heterocycles. The molecule has 0 saturated heterocycles. The van der Waals surface area contributed by atoms with Gasteiger partial charge in [0, 0.05) is 11.6 Å². The van der Waals surface area contributed by atoms with Crippen molar-refractivity contribution in [3.8, 4) is 11.8 Å². The average molecular weight is 252 g/mol. The summed E-state index contributed by atoms with van der Waals surface area (Å²) in [6, 6.07) is 12.3. The van der Waals surface area contributed by atoms with Crippen LogP contribution in [0.4, 0.5) is 0 Å². The summed E-state index contributed by atoms with van der Waals surface area (Å²) < 4.78 is 5.84. The minimum atomic E-state index is -0.274. The number of nitrogens with zero attached hydrogens (tertiary/aromatic N) is 2. The van der Waals surface area contributed by atoms with Gasteiger partial charge in [-0.15, -0.1) is 0 Å². The molecule has 1 aliphatic carbocycles. The molecule has 1 aliphatic rings. The van der Waals surface area contributed by atoms with Crippen LogP contribution in [0.2, 0.25) is 0 Å². The van der Waals surface area contributed by atoms with Crippen LogP contribution in [-0.2, 0) is 0 Å². The molecule has 0 spiro atoms. The molecule has 96 valence electrons. The number of hydrogen-bond acceptors (Lipinski definition) is 3. The molecule has 1 fully saturated rings. The topological polar surface area (TPSA) is 45.9 Å². The fourth-order valence-corrected chi connectivity index (χ4v) is 2.71. The van der Waals surface area contributed by atoms with Crippen molar-refractivity contribution in [1.29, 1.82) is 5.26 Å². The molecule has 0 bridgehead atoms. The first kappa shape index (κ1) is 12.0. The van der Waals surface area contributed by atoms with E-state index < -0.39 is 0 Å². The smallest absolute Gasteiger partial charge is 0.120 e. The van der Waals surface area contributed by atoms with Gasteiger partial charge in [0.25, 0.3) is 0 Å². The maximum atomic E-state index is 9.33. The monoisotopic (exact) mass is 252 g/mol. The van der Waals surface area contributed by atoms with Gasteiger partial charge in [0.1, 0.15) is 12.4 Å². The van der Waals surface area contributed by atoms with Crippen LogP contribution in [0.15, 0.2) is 36.5 Å². The van der Waals surface area contributed by atoms with Crippen molar-refractivity contribution >= 4 is 10.9 Å². The average Bonchev–Trinajstić information content (AvgIpc) is 2.94. The van der Waals surface area contributed by atoms with Crippen LogP contribution < -0.4 is 4.74 Å². The largest absolute Gasteiger partial charge is 0.492 e. The minimum Gasteiger partial charge on any atom is -0.492 e. The van der Waals surface area contributed by atoms with Gasteiger partial charge in [-0.25, -0.2) is 0 Å². The molecule has 0 radical (unpaired) electrons. The van der Waals surface area contributed by atoms with E-state index in [0.717, 1.165) is 42.3 Å². The molecular weight excluding hydrogens is 236 g/mol. The van der Waals surface area contributed by atoms with Gasteiger partial charge in [-0.1, -0.05) is 18.9 Å². The second-order valence-electron chi connectivity index (χ2n) is 5.25. The standard InChI is InChI=1S/C16H16N2O/c17-11-16(7-1-2-8-16)12-19-14-5-6-15-13(10-14)4-3-9-18-15/h3-6,9-10H,1-2,7-8,12H2. The third kappa shape index (κ3) is 2.39. The maximum Gasteiger partial charge on any atom is 0.120 e. The van der Waals surface area contributed by atoms with Crippen molar-refractivity contribution in [2.75, 3.05) is 6.61 Å². The Balaban J connectivity index is 1.77. The lowest BCUT2D eigenvalue weighted by Gasteiger charge is -2.20. The molecule has 0 atom stereocenters. The Morgan fingerprint density at radius 1 is 1.26 bits per heavy atom. The van der Waals surface area contributed by atoms with E-state index in [0.29, 0.717) is 6.61 Å². The van der Waals surface area contributed by atoms with E-state index in [1.54, 1.807) is 6.20 Å². The van der Waals surface area contributed by atoms with Crippen molar-refractivity contribution < 1.29 is 4.74 Å². The number of pyridine rings is 1. The van der Waals surface area contributed by atoms with E-state index in [2.05, 4.69) is 11.1 Å². The Morgan fingerprint density at radius 2 is 2.11 bits per heavy atom. The fraction of sp³-hybridized carbons (Fsp3) is 0.375. The Bertz CT molecular complexity index is 624. The molecule has 0 aliphatic heterocycles. The summed E-state index contributed by atoms with van der Waals surface area (Å²) in [6.07, 6.45) is 5.97. The van der Waals surface area contributed by atoms with Gasteiger partial charge in [-0.05, 0) is 37.1 Å². The minimum absolute atomic E-state index is 0.274. The number of nitriles is 1. The summed E-state index contributed by atoms with van der Waals surface area (Å²) in [7, 11) is 0. The van der Waals surface area contributed by atoms with Crippen molar-refractivity contribution in [2.45, 2.75) is 25.7 Å². The quantitative estimate of drug-likeness (QED) is 0.836. The summed E-state index contributed by atoms with van der Waals surface area (Å²) in [5.41, 5.74) is 0.690. The summed E-state index contributed by atoms with van der Waals surface area (Å²) in [6.45, 7) is 0.495. The predicted molar refractivity (Wildman–Crippen MR) is 73.8 cm³/mol.